The van der Waals surface area contributed by atoms with Crippen LogP contribution in [0.4, 0.5) is 0 Å². The number of carbonyl (C=O) groups excluding carboxylic acids is 2. The molecule has 0 aliphatic rings. The highest BCUT2D eigenvalue weighted by Gasteiger charge is 2.12. The van der Waals surface area contributed by atoms with Crippen LogP contribution in [0.15, 0.2) is 60.8 Å². The fourth-order valence-corrected chi connectivity index (χ4v) is 2.64. The molecule has 0 saturated carbocycles. The molecule has 3 rings (SSSR count). The molecule has 3 aromatic rings. The van der Waals surface area contributed by atoms with Gasteiger partial charge in [0.1, 0.15) is 0 Å². The van der Waals surface area contributed by atoms with E-state index >= 15 is 0 Å². The predicted octanol–water partition coefficient (Wildman–Crippen LogP) is 3.22. The van der Waals surface area contributed by atoms with Gasteiger partial charge in [-0.1, -0.05) is 42.5 Å². The number of carbonyl (C=O) groups is 2. The van der Waals surface area contributed by atoms with Crippen molar-refractivity contribution in [2.45, 2.75) is 13.5 Å². The molecule has 0 aliphatic carbocycles. The summed E-state index contributed by atoms with van der Waals surface area (Å²) in [5.41, 5.74) is 3.93. The smallest absolute Gasteiger partial charge is 0.251 e. The van der Waals surface area contributed by atoms with Gasteiger partial charge in [-0.25, -0.2) is 0 Å². The molecule has 25 heavy (non-hydrogen) atoms. The van der Waals surface area contributed by atoms with Gasteiger partial charge in [0, 0.05) is 42.0 Å². The zero-order valence-corrected chi connectivity index (χ0v) is 14.2. The lowest BCUT2D eigenvalue weighted by molar-refractivity contribution is 0.0949. The number of nitrogens with zero attached hydrogens (tertiary/aromatic N) is 2. The molecule has 0 aliphatic heterocycles. The second kappa shape index (κ2) is 7.13. The van der Waals surface area contributed by atoms with E-state index < -0.39 is 0 Å². The van der Waals surface area contributed by atoms with Crippen molar-refractivity contribution in [1.29, 1.82) is 0 Å². The Bertz CT molecular complexity index is 896. The van der Waals surface area contributed by atoms with E-state index in [0.29, 0.717) is 17.7 Å². The number of benzene rings is 2. The van der Waals surface area contributed by atoms with Gasteiger partial charge < -0.3 is 5.32 Å². The maximum Gasteiger partial charge on any atom is 0.251 e. The van der Waals surface area contributed by atoms with Crippen LogP contribution in [0, 0.1) is 0 Å². The summed E-state index contributed by atoms with van der Waals surface area (Å²) in [4.78, 5) is 23.6. The number of hydrogen-bond acceptors (Lipinski definition) is 3. The summed E-state index contributed by atoms with van der Waals surface area (Å²) in [6, 6.07) is 16.5. The third kappa shape index (κ3) is 3.83. The van der Waals surface area contributed by atoms with Gasteiger partial charge >= 0.3 is 0 Å². The van der Waals surface area contributed by atoms with Crippen molar-refractivity contribution in [3.8, 4) is 11.3 Å². The topological polar surface area (TPSA) is 64.0 Å². The molecular formula is C20H19N3O2. The maximum atomic E-state index is 12.3. The van der Waals surface area contributed by atoms with Gasteiger partial charge in [-0.05, 0) is 19.1 Å². The fourth-order valence-electron chi connectivity index (χ4n) is 2.64. The van der Waals surface area contributed by atoms with Gasteiger partial charge in [0.05, 0.1) is 5.69 Å². The Morgan fingerprint density at radius 1 is 1.00 bits per heavy atom. The van der Waals surface area contributed by atoms with Crippen LogP contribution in [0.1, 0.15) is 33.2 Å². The van der Waals surface area contributed by atoms with E-state index in [2.05, 4.69) is 10.4 Å². The minimum atomic E-state index is -0.182. The van der Waals surface area contributed by atoms with Crippen LogP contribution < -0.4 is 5.32 Å². The maximum absolute atomic E-state index is 12.3. The van der Waals surface area contributed by atoms with Crippen molar-refractivity contribution in [3.05, 3.63) is 77.5 Å². The molecule has 2 aromatic carbocycles. The largest absolute Gasteiger partial charge is 0.348 e. The predicted molar refractivity (Wildman–Crippen MR) is 96.3 cm³/mol. The van der Waals surface area contributed by atoms with E-state index in [-0.39, 0.29) is 11.7 Å². The summed E-state index contributed by atoms with van der Waals surface area (Å²) >= 11 is 0. The van der Waals surface area contributed by atoms with Crippen molar-refractivity contribution in [1.82, 2.24) is 15.1 Å². The van der Waals surface area contributed by atoms with Crippen molar-refractivity contribution < 1.29 is 9.59 Å². The summed E-state index contributed by atoms with van der Waals surface area (Å²) in [7, 11) is 1.86. The zero-order valence-electron chi connectivity index (χ0n) is 14.2. The number of rotatable bonds is 5. The van der Waals surface area contributed by atoms with Gasteiger partial charge in [0.15, 0.2) is 5.78 Å². The first-order valence-corrected chi connectivity index (χ1v) is 8.02. The van der Waals surface area contributed by atoms with E-state index in [1.165, 1.54) is 6.92 Å². The molecule has 0 fully saturated rings. The van der Waals surface area contributed by atoms with E-state index in [1.54, 1.807) is 28.9 Å². The Hall–Kier alpha value is -3.21. The van der Waals surface area contributed by atoms with E-state index in [1.807, 2.05) is 43.6 Å². The molecule has 126 valence electrons. The molecule has 0 saturated heterocycles. The molecule has 0 bridgehead atoms. The third-order valence-corrected chi connectivity index (χ3v) is 3.94. The number of Topliss-reactive ketones (excluding diaryl/α,β-unsaturated/α-hetero) is 1. The molecule has 1 N–H and O–H groups in total. The first-order valence-electron chi connectivity index (χ1n) is 8.02. The minimum Gasteiger partial charge on any atom is -0.348 e. The van der Waals surface area contributed by atoms with Crippen molar-refractivity contribution >= 4 is 11.7 Å². The quantitative estimate of drug-likeness (QED) is 0.729. The summed E-state index contributed by atoms with van der Waals surface area (Å²) in [6.07, 6.45) is 1.90. The lowest BCUT2D eigenvalue weighted by Gasteiger charge is -2.06. The Morgan fingerprint density at radius 2 is 1.64 bits per heavy atom. The van der Waals surface area contributed by atoms with Crippen LogP contribution in [0.25, 0.3) is 11.3 Å². The second-order valence-corrected chi connectivity index (χ2v) is 5.86. The van der Waals surface area contributed by atoms with Crippen LogP contribution in [0.5, 0.6) is 0 Å². The van der Waals surface area contributed by atoms with Gasteiger partial charge in [-0.3, -0.25) is 14.3 Å². The number of hydrogen-bond donors (Lipinski definition) is 1. The summed E-state index contributed by atoms with van der Waals surface area (Å²) in [5, 5.41) is 7.40. The van der Waals surface area contributed by atoms with Gasteiger partial charge in [0.2, 0.25) is 0 Å². The SMILES string of the molecule is CC(=O)c1ccc(C(=O)NCc2cn(C)nc2-c2ccccc2)cc1. The van der Waals surface area contributed by atoms with Gasteiger partial charge in [0.25, 0.3) is 5.91 Å². The molecule has 5 heteroatoms. The first-order chi connectivity index (χ1) is 12.0. The van der Waals surface area contributed by atoms with Crippen LogP contribution in [-0.2, 0) is 13.6 Å². The molecule has 0 atom stereocenters. The minimum absolute atomic E-state index is 0.0187. The van der Waals surface area contributed by atoms with Crippen LogP contribution in [0.2, 0.25) is 0 Å². The number of ketones is 1. The number of amides is 1. The van der Waals surface area contributed by atoms with E-state index in [0.717, 1.165) is 16.8 Å². The Balaban J connectivity index is 1.73. The highest BCUT2D eigenvalue weighted by atomic mass is 16.1. The lowest BCUT2D eigenvalue weighted by Crippen LogP contribution is -2.22. The van der Waals surface area contributed by atoms with Crippen molar-refractivity contribution in [2.75, 3.05) is 0 Å². The van der Waals surface area contributed by atoms with E-state index in [9.17, 15) is 9.59 Å². The zero-order chi connectivity index (χ0) is 17.8. The average molecular weight is 333 g/mol. The van der Waals surface area contributed by atoms with Crippen molar-refractivity contribution in [2.24, 2.45) is 7.05 Å². The highest BCUT2D eigenvalue weighted by molar-refractivity contribution is 5.97. The standard InChI is InChI=1S/C20H19N3O2/c1-14(24)15-8-10-17(11-9-15)20(25)21-12-18-13-23(2)22-19(18)16-6-4-3-5-7-16/h3-11,13H,12H2,1-2H3,(H,21,25). The monoisotopic (exact) mass is 333 g/mol. The van der Waals surface area contributed by atoms with Crippen molar-refractivity contribution in [3.63, 3.8) is 0 Å². The second-order valence-electron chi connectivity index (χ2n) is 5.86. The highest BCUT2D eigenvalue weighted by Crippen LogP contribution is 2.21. The molecular weight excluding hydrogens is 314 g/mol. The van der Waals surface area contributed by atoms with Gasteiger partial charge in [-0.15, -0.1) is 0 Å². The normalized spacial score (nSPS) is 10.5. The summed E-state index contributed by atoms with van der Waals surface area (Å²) in [6.45, 7) is 1.88. The Morgan fingerprint density at radius 3 is 2.28 bits per heavy atom. The molecule has 0 unspecified atom stereocenters. The third-order valence-electron chi connectivity index (χ3n) is 3.94. The van der Waals surface area contributed by atoms with Gasteiger partial charge in [-0.2, -0.15) is 5.10 Å². The molecule has 0 spiro atoms. The fraction of sp³-hybridized carbons (Fsp3) is 0.150. The Labute approximate surface area is 146 Å². The molecule has 5 nitrogen and oxygen atoms in total. The Kier molecular flexibility index (Phi) is 4.75. The average Bonchev–Trinajstić information content (AvgIpc) is 3.01. The number of aromatic nitrogens is 2. The summed E-state index contributed by atoms with van der Waals surface area (Å²) in [5.74, 6) is -0.201. The van der Waals surface area contributed by atoms with Crippen LogP contribution in [0.3, 0.4) is 0 Å². The van der Waals surface area contributed by atoms with Crippen LogP contribution in [-0.4, -0.2) is 21.5 Å². The lowest BCUT2D eigenvalue weighted by atomic mass is 10.1. The molecule has 1 heterocycles. The number of nitrogens with one attached hydrogen (secondary N) is 1. The number of aryl methyl sites for hydroxylation is 1. The van der Waals surface area contributed by atoms with Crippen LogP contribution >= 0.6 is 0 Å². The first kappa shape index (κ1) is 16.6. The molecule has 1 amide bonds. The molecule has 0 radical (unpaired) electrons. The van der Waals surface area contributed by atoms with E-state index in [4.69, 9.17) is 0 Å². The molecule has 1 aromatic heterocycles. The summed E-state index contributed by atoms with van der Waals surface area (Å²) < 4.78 is 1.74.